The van der Waals surface area contributed by atoms with E-state index in [-0.39, 0.29) is 11.5 Å². The molecule has 0 aliphatic heterocycles. The Morgan fingerprint density at radius 3 is 2.37 bits per heavy atom. The number of nitrogens with one attached hydrogen (secondary N) is 1. The molecule has 1 amide bonds. The summed E-state index contributed by atoms with van der Waals surface area (Å²) in [5, 5.41) is 11.4. The fourth-order valence-corrected chi connectivity index (χ4v) is 3.66. The van der Waals surface area contributed by atoms with Gasteiger partial charge in [0.25, 0.3) is 0 Å². The summed E-state index contributed by atoms with van der Waals surface area (Å²) in [7, 11) is 0. The lowest BCUT2D eigenvalue weighted by Crippen LogP contribution is -2.19. The highest BCUT2D eigenvalue weighted by atomic mass is 32.2. The minimum atomic E-state index is -1.04. The van der Waals surface area contributed by atoms with E-state index < -0.39 is 11.2 Å². The number of thioether (sulfide) groups is 1. The van der Waals surface area contributed by atoms with Gasteiger partial charge in [-0.1, -0.05) is 42.5 Å². The van der Waals surface area contributed by atoms with Crippen molar-refractivity contribution in [2.75, 3.05) is 11.1 Å². The minimum Gasteiger partial charge on any atom is -0.478 e. The molecule has 0 heterocycles. The summed E-state index contributed by atoms with van der Waals surface area (Å²) in [6.45, 7) is 0. The van der Waals surface area contributed by atoms with E-state index in [0.29, 0.717) is 11.4 Å². The molecule has 3 aromatic rings. The molecule has 136 valence electrons. The average Bonchev–Trinajstić information content (AvgIpc) is 2.67. The number of carbonyl (C=O) groups excluding carboxylic acids is 1. The number of benzene rings is 3. The van der Waals surface area contributed by atoms with Crippen LogP contribution in [0.5, 0.6) is 0 Å². The normalized spacial score (nSPS) is 11.6. The quantitative estimate of drug-likeness (QED) is 0.436. The summed E-state index contributed by atoms with van der Waals surface area (Å²) in [5.41, 5.74) is 7.88. The van der Waals surface area contributed by atoms with Gasteiger partial charge in [-0.15, -0.1) is 11.8 Å². The zero-order valence-corrected chi connectivity index (χ0v) is 15.1. The van der Waals surface area contributed by atoms with Gasteiger partial charge in [0.05, 0.1) is 5.56 Å². The number of anilines is 2. The van der Waals surface area contributed by atoms with Crippen molar-refractivity contribution in [3.8, 4) is 0 Å². The molecule has 1 atom stereocenters. The van der Waals surface area contributed by atoms with Crippen LogP contribution in [0.3, 0.4) is 0 Å². The molecule has 0 aromatic heterocycles. The van der Waals surface area contributed by atoms with E-state index in [4.69, 9.17) is 10.8 Å². The Morgan fingerprint density at radius 1 is 0.926 bits per heavy atom. The standard InChI is InChI=1S/C21H18N2O3S/c22-16-9-5-11-18(13-16)27-19(14-6-2-1-3-7-14)20(24)23-17-10-4-8-15(12-17)21(25)26/h1-13,19H,22H2,(H,23,24)(H,25,26). The molecule has 3 rings (SSSR count). The van der Waals surface area contributed by atoms with Gasteiger partial charge in [-0.2, -0.15) is 0 Å². The van der Waals surface area contributed by atoms with Crippen LogP contribution in [0.2, 0.25) is 0 Å². The Bertz CT molecular complexity index is 960. The molecule has 0 fully saturated rings. The third-order valence-electron chi connectivity index (χ3n) is 3.83. The number of carbonyl (C=O) groups is 2. The molecule has 1 unspecified atom stereocenters. The largest absolute Gasteiger partial charge is 0.478 e. The van der Waals surface area contributed by atoms with Crippen LogP contribution < -0.4 is 11.1 Å². The summed E-state index contributed by atoms with van der Waals surface area (Å²) >= 11 is 1.39. The van der Waals surface area contributed by atoms with Crippen LogP contribution in [0.1, 0.15) is 21.2 Å². The predicted molar refractivity (Wildman–Crippen MR) is 108 cm³/mol. The van der Waals surface area contributed by atoms with Crippen molar-refractivity contribution in [2.45, 2.75) is 10.1 Å². The fraction of sp³-hybridized carbons (Fsp3) is 0.0476. The van der Waals surface area contributed by atoms with Crippen LogP contribution >= 0.6 is 11.8 Å². The van der Waals surface area contributed by atoms with Gasteiger partial charge in [-0.25, -0.2) is 4.79 Å². The van der Waals surface area contributed by atoms with Crippen molar-refractivity contribution in [2.24, 2.45) is 0 Å². The molecule has 0 saturated heterocycles. The third kappa shape index (κ3) is 4.89. The van der Waals surface area contributed by atoms with Crippen molar-refractivity contribution in [3.63, 3.8) is 0 Å². The van der Waals surface area contributed by atoms with Gasteiger partial charge in [0.2, 0.25) is 5.91 Å². The zero-order chi connectivity index (χ0) is 19.2. The Balaban J connectivity index is 1.87. The average molecular weight is 378 g/mol. The van der Waals surface area contributed by atoms with Crippen molar-refractivity contribution in [3.05, 3.63) is 90.0 Å². The molecule has 27 heavy (non-hydrogen) atoms. The Kier molecular flexibility index (Phi) is 5.78. The first-order valence-corrected chi connectivity index (χ1v) is 9.12. The second kappa shape index (κ2) is 8.42. The van der Waals surface area contributed by atoms with Crippen molar-refractivity contribution in [1.29, 1.82) is 0 Å². The smallest absolute Gasteiger partial charge is 0.335 e. The number of hydrogen-bond acceptors (Lipinski definition) is 4. The predicted octanol–water partition coefficient (Wildman–Crippen LogP) is 4.44. The van der Waals surface area contributed by atoms with E-state index in [1.807, 2.05) is 48.5 Å². The Labute approximate surface area is 161 Å². The van der Waals surface area contributed by atoms with Gasteiger partial charge in [0.1, 0.15) is 5.25 Å². The molecule has 6 heteroatoms. The topological polar surface area (TPSA) is 92.4 Å². The second-order valence-corrected chi connectivity index (χ2v) is 7.03. The molecule has 0 aliphatic rings. The molecular weight excluding hydrogens is 360 g/mol. The van der Waals surface area contributed by atoms with Gasteiger partial charge in [-0.3, -0.25) is 4.79 Å². The van der Waals surface area contributed by atoms with Crippen LogP contribution in [0.15, 0.2) is 83.8 Å². The molecule has 0 aliphatic carbocycles. The second-order valence-electron chi connectivity index (χ2n) is 5.86. The molecule has 0 bridgehead atoms. The van der Waals surface area contributed by atoms with E-state index >= 15 is 0 Å². The highest BCUT2D eigenvalue weighted by Gasteiger charge is 2.22. The molecule has 0 radical (unpaired) electrons. The third-order valence-corrected chi connectivity index (χ3v) is 5.08. The minimum absolute atomic E-state index is 0.118. The van der Waals surface area contributed by atoms with E-state index in [1.165, 1.54) is 23.9 Å². The lowest BCUT2D eigenvalue weighted by molar-refractivity contribution is -0.115. The molecule has 4 N–H and O–H groups in total. The number of rotatable bonds is 6. The lowest BCUT2D eigenvalue weighted by atomic mass is 10.1. The van der Waals surface area contributed by atoms with E-state index in [9.17, 15) is 9.59 Å². The van der Waals surface area contributed by atoms with Crippen LogP contribution in [0.25, 0.3) is 0 Å². The molecular formula is C21H18N2O3S. The SMILES string of the molecule is Nc1cccc(SC(C(=O)Nc2cccc(C(=O)O)c2)c2ccccc2)c1. The molecule has 0 spiro atoms. The highest BCUT2D eigenvalue weighted by Crippen LogP contribution is 2.36. The number of nitrogens with two attached hydrogens (primary N) is 1. The maximum Gasteiger partial charge on any atom is 0.335 e. The molecule has 5 nitrogen and oxygen atoms in total. The Morgan fingerprint density at radius 2 is 1.67 bits per heavy atom. The maximum absolute atomic E-state index is 13.0. The van der Waals surface area contributed by atoms with Crippen molar-refractivity contribution < 1.29 is 14.7 Å². The molecule has 3 aromatic carbocycles. The number of hydrogen-bond donors (Lipinski definition) is 3. The number of nitrogen functional groups attached to an aromatic ring is 1. The maximum atomic E-state index is 13.0. The first kappa shape index (κ1) is 18.5. The summed E-state index contributed by atoms with van der Waals surface area (Å²) in [6.07, 6.45) is 0. The highest BCUT2D eigenvalue weighted by molar-refractivity contribution is 8.00. The zero-order valence-electron chi connectivity index (χ0n) is 14.3. The van der Waals surface area contributed by atoms with E-state index in [0.717, 1.165) is 10.5 Å². The van der Waals surface area contributed by atoms with Crippen molar-refractivity contribution in [1.82, 2.24) is 0 Å². The summed E-state index contributed by atoms with van der Waals surface area (Å²) in [6, 6.07) is 22.9. The first-order valence-electron chi connectivity index (χ1n) is 8.24. The fourth-order valence-electron chi connectivity index (χ4n) is 2.56. The van der Waals surface area contributed by atoms with Gasteiger partial charge >= 0.3 is 5.97 Å². The van der Waals surface area contributed by atoms with Crippen LogP contribution in [0.4, 0.5) is 11.4 Å². The lowest BCUT2D eigenvalue weighted by Gasteiger charge is -2.17. The first-order chi connectivity index (χ1) is 13.0. The Hall–Kier alpha value is -3.25. The number of amides is 1. The van der Waals surface area contributed by atoms with Crippen molar-refractivity contribution >= 4 is 35.0 Å². The van der Waals surface area contributed by atoms with Gasteiger partial charge in [0.15, 0.2) is 0 Å². The van der Waals surface area contributed by atoms with Gasteiger partial charge in [0, 0.05) is 16.3 Å². The van der Waals surface area contributed by atoms with Gasteiger partial charge in [-0.05, 0) is 42.0 Å². The van der Waals surface area contributed by atoms with Crippen LogP contribution in [-0.4, -0.2) is 17.0 Å². The molecule has 0 saturated carbocycles. The summed E-state index contributed by atoms with van der Waals surface area (Å²) in [5.74, 6) is -1.28. The monoisotopic (exact) mass is 378 g/mol. The van der Waals surface area contributed by atoms with Gasteiger partial charge < -0.3 is 16.2 Å². The number of carboxylic acid groups (broad SMARTS) is 1. The number of aromatic carboxylic acids is 1. The number of carboxylic acids is 1. The van der Waals surface area contributed by atoms with E-state index in [2.05, 4.69) is 5.32 Å². The van der Waals surface area contributed by atoms with Crippen LogP contribution in [-0.2, 0) is 4.79 Å². The van der Waals surface area contributed by atoms with Crippen LogP contribution in [0, 0.1) is 0 Å². The summed E-state index contributed by atoms with van der Waals surface area (Å²) < 4.78 is 0. The van der Waals surface area contributed by atoms with E-state index in [1.54, 1.807) is 18.2 Å². The summed E-state index contributed by atoms with van der Waals surface area (Å²) in [4.78, 5) is 25.0.